The molecule has 0 aromatic carbocycles. The van der Waals surface area contributed by atoms with Crippen LogP contribution in [-0.4, -0.2) is 107 Å². The smallest absolute Gasteiger partial charge is 0.103 e. The van der Waals surface area contributed by atoms with Gasteiger partial charge < -0.3 is 33.6 Å². The third-order valence-electron chi connectivity index (χ3n) is 3.99. The molecule has 0 bridgehead atoms. The molecule has 0 aliphatic rings. The van der Waals surface area contributed by atoms with Crippen molar-refractivity contribution in [1.82, 2.24) is 0 Å². The van der Waals surface area contributed by atoms with Gasteiger partial charge in [-0.1, -0.05) is 6.92 Å². The highest BCUT2D eigenvalue weighted by molar-refractivity contribution is 4.43. The average Bonchev–Trinajstić information content (AvgIpc) is 2.59. The Bertz CT molecular complexity index is 249. The number of nitrogens with zero attached hydrogens (tertiary/aromatic N) is 1. The van der Waals surface area contributed by atoms with Crippen molar-refractivity contribution in [2.24, 2.45) is 0 Å². The second-order valence-corrected chi connectivity index (χ2v) is 5.73. The highest BCUT2D eigenvalue weighted by Crippen LogP contribution is 2.05. The van der Waals surface area contributed by atoms with Crippen LogP contribution in [0.4, 0.5) is 0 Å². The van der Waals surface area contributed by atoms with Crippen molar-refractivity contribution < 1.29 is 33.6 Å². The van der Waals surface area contributed by atoms with Gasteiger partial charge in [0.1, 0.15) is 19.6 Å². The monoisotopic (exact) mass is 352 g/mol. The van der Waals surface area contributed by atoms with Crippen LogP contribution in [0, 0.1) is 0 Å². The van der Waals surface area contributed by atoms with Crippen molar-refractivity contribution in [2.75, 3.05) is 92.2 Å². The molecule has 0 amide bonds. The zero-order valence-electron chi connectivity index (χ0n) is 15.6. The molecular formula is C17H38NO6+. The van der Waals surface area contributed by atoms with Crippen molar-refractivity contribution in [3.05, 3.63) is 0 Å². The van der Waals surface area contributed by atoms with Crippen LogP contribution in [0.3, 0.4) is 0 Å². The van der Waals surface area contributed by atoms with Crippen LogP contribution in [0.25, 0.3) is 0 Å². The summed E-state index contributed by atoms with van der Waals surface area (Å²) in [5.41, 5.74) is 0. The lowest BCUT2D eigenvalue weighted by Crippen LogP contribution is -2.53. The zero-order chi connectivity index (χ0) is 17.9. The van der Waals surface area contributed by atoms with E-state index < -0.39 is 0 Å². The molecule has 0 saturated heterocycles. The maximum Gasteiger partial charge on any atom is 0.103 e. The fourth-order valence-corrected chi connectivity index (χ4v) is 2.40. The van der Waals surface area contributed by atoms with E-state index in [-0.39, 0.29) is 13.2 Å². The Balaban J connectivity index is 3.45. The molecule has 2 N–H and O–H groups in total. The van der Waals surface area contributed by atoms with E-state index in [9.17, 15) is 10.2 Å². The van der Waals surface area contributed by atoms with Crippen molar-refractivity contribution in [3.8, 4) is 0 Å². The summed E-state index contributed by atoms with van der Waals surface area (Å²) >= 11 is 0. The predicted molar refractivity (Wildman–Crippen MR) is 93.1 cm³/mol. The molecule has 146 valence electrons. The second-order valence-electron chi connectivity index (χ2n) is 5.73. The minimum Gasteiger partial charge on any atom is -0.391 e. The van der Waals surface area contributed by atoms with E-state index in [0.717, 1.165) is 26.1 Å². The first-order valence-electron chi connectivity index (χ1n) is 9.12. The van der Waals surface area contributed by atoms with Crippen LogP contribution in [0.2, 0.25) is 0 Å². The molecule has 0 aliphatic carbocycles. The fourth-order valence-electron chi connectivity index (χ4n) is 2.40. The lowest BCUT2D eigenvalue weighted by atomic mass is 10.3. The third kappa shape index (κ3) is 13.1. The Kier molecular flexibility index (Phi) is 17.3. The van der Waals surface area contributed by atoms with E-state index in [1.165, 1.54) is 0 Å². The lowest BCUT2D eigenvalue weighted by molar-refractivity contribution is -0.927. The SMILES string of the molecule is CCCOCCOCCOCCOCC[N+](CC)(CCO)CCO. The van der Waals surface area contributed by atoms with Gasteiger partial charge in [-0.05, 0) is 13.3 Å². The van der Waals surface area contributed by atoms with Crippen molar-refractivity contribution in [2.45, 2.75) is 20.3 Å². The molecule has 0 atom stereocenters. The number of hydrogen-bond acceptors (Lipinski definition) is 6. The summed E-state index contributed by atoms with van der Waals surface area (Å²) in [6, 6.07) is 0. The van der Waals surface area contributed by atoms with Gasteiger partial charge in [0.25, 0.3) is 0 Å². The molecule has 0 spiro atoms. The second kappa shape index (κ2) is 17.5. The molecule has 24 heavy (non-hydrogen) atoms. The zero-order valence-corrected chi connectivity index (χ0v) is 15.6. The standard InChI is InChI=1S/C17H38NO6/c1-3-10-21-12-14-23-16-17-24-15-13-22-11-7-18(4-2,5-8-19)6-9-20/h19-20H,3-17H2,1-2H3/q+1. The summed E-state index contributed by atoms with van der Waals surface area (Å²) in [7, 11) is 0. The van der Waals surface area contributed by atoms with Crippen LogP contribution < -0.4 is 0 Å². The van der Waals surface area contributed by atoms with Crippen LogP contribution in [0.5, 0.6) is 0 Å². The Morgan fingerprint density at radius 1 is 0.583 bits per heavy atom. The third-order valence-corrected chi connectivity index (χ3v) is 3.99. The summed E-state index contributed by atoms with van der Waals surface area (Å²) in [4.78, 5) is 0. The summed E-state index contributed by atoms with van der Waals surface area (Å²) in [5, 5.41) is 18.4. The van der Waals surface area contributed by atoms with Crippen LogP contribution in [0.1, 0.15) is 20.3 Å². The molecule has 0 unspecified atom stereocenters. The first-order valence-corrected chi connectivity index (χ1v) is 9.12. The van der Waals surface area contributed by atoms with E-state index in [1.54, 1.807) is 0 Å². The molecule has 7 nitrogen and oxygen atoms in total. The van der Waals surface area contributed by atoms with E-state index in [2.05, 4.69) is 13.8 Å². The lowest BCUT2D eigenvalue weighted by Gasteiger charge is -2.36. The molecule has 0 aromatic rings. The van der Waals surface area contributed by atoms with E-state index >= 15 is 0 Å². The normalized spacial score (nSPS) is 12.0. The van der Waals surface area contributed by atoms with E-state index in [4.69, 9.17) is 18.9 Å². The van der Waals surface area contributed by atoms with E-state index in [0.29, 0.717) is 63.8 Å². The van der Waals surface area contributed by atoms with Gasteiger partial charge in [0.2, 0.25) is 0 Å². The van der Waals surface area contributed by atoms with Crippen LogP contribution >= 0.6 is 0 Å². The Labute approximate surface area is 147 Å². The number of hydrogen-bond donors (Lipinski definition) is 2. The highest BCUT2D eigenvalue weighted by Gasteiger charge is 2.23. The summed E-state index contributed by atoms with van der Waals surface area (Å²) in [6.07, 6.45) is 1.03. The van der Waals surface area contributed by atoms with Crippen molar-refractivity contribution in [3.63, 3.8) is 0 Å². The van der Waals surface area contributed by atoms with Gasteiger partial charge in [0, 0.05) is 6.61 Å². The van der Waals surface area contributed by atoms with Gasteiger partial charge in [-0.25, -0.2) is 0 Å². The minimum atomic E-state index is 0.125. The summed E-state index contributed by atoms with van der Waals surface area (Å²) in [6.45, 7) is 12.2. The summed E-state index contributed by atoms with van der Waals surface area (Å²) in [5.74, 6) is 0. The fraction of sp³-hybridized carbons (Fsp3) is 1.00. The molecule has 0 rings (SSSR count). The molecule has 0 heterocycles. The average molecular weight is 352 g/mol. The summed E-state index contributed by atoms with van der Waals surface area (Å²) < 4.78 is 22.4. The molecule has 0 saturated carbocycles. The van der Waals surface area contributed by atoms with Gasteiger partial charge in [-0.3, -0.25) is 0 Å². The topological polar surface area (TPSA) is 77.4 Å². The van der Waals surface area contributed by atoms with Crippen LogP contribution in [0.15, 0.2) is 0 Å². The maximum absolute atomic E-state index is 9.19. The first kappa shape index (κ1) is 23.7. The van der Waals surface area contributed by atoms with Crippen LogP contribution in [-0.2, 0) is 18.9 Å². The van der Waals surface area contributed by atoms with Gasteiger partial charge in [-0.15, -0.1) is 0 Å². The molecular weight excluding hydrogens is 314 g/mol. The molecule has 0 fully saturated rings. The Hall–Kier alpha value is -0.280. The minimum absolute atomic E-state index is 0.125. The van der Waals surface area contributed by atoms with Gasteiger partial charge in [0.05, 0.1) is 66.0 Å². The molecule has 0 aliphatic heterocycles. The maximum atomic E-state index is 9.19. The Morgan fingerprint density at radius 2 is 1.00 bits per heavy atom. The largest absolute Gasteiger partial charge is 0.391 e. The van der Waals surface area contributed by atoms with Gasteiger partial charge in [-0.2, -0.15) is 0 Å². The van der Waals surface area contributed by atoms with E-state index in [1.807, 2.05) is 0 Å². The number of rotatable bonds is 19. The molecule has 0 radical (unpaired) electrons. The van der Waals surface area contributed by atoms with Crippen molar-refractivity contribution >= 4 is 0 Å². The number of aliphatic hydroxyl groups is 2. The number of aliphatic hydroxyl groups excluding tert-OH is 2. The molecule has 7 heteroatoms. The number of likely N-dealkylation sites (N-methyl/N-ethyl adjacent to an activating group) is 1. The highest BCUT2D eigenvalue weighted by atomic mass is 16.6. The Morgan fingerprint density at radius 3 is 1.38 bits per heavy atom. The predicted octanol–water partition coefficient (Wildman–Crippen LogP) is 0.284. The number of ether oxygens (including phenoxy) is 4. The van der Waals surface area contributed by atoms with Crippen molar-refractivity contribution in [1.29, 1.82) is 0 Å². The van der Waals surface area contributed by atoms with Gasteiger partial charge in [0.15, 0.2) is 0 Å². The number of quaternary nitrogens is 1. The first-order chi connectivity index (χ1) is 11.7. The molecule has 0 aromatic heterocycles. The quantitative estimate of drug-likeness (QED) is 0.257. The van der Waals surface area contributed by atoms with Gasteiger partial charge >= 0.3 is 0 Å².